The number of halogens is 3. The topological polar surface area (TPSA) is 49.8 Å². The summed E-state index contributed by atoms with van der Waals surface area (Å²) >= 11 is 1.93. The van der Waals surface area contributed by atoms with Crippen molar-refractivity contribution in [2.45, 2.75) is 57.5 Å². The third-order valence-electron chi connectivity index (χ3n) is 5.53. The fourth-order valence-electron chi connectivity index (χ4n) is 3.71. The first-order chi connectivity index (χ1) is 14.7. The lowest BCUT2D eigenvalue weighted by molar-refractivity contribution is -0.192. The summed E-state index contributed by atoms with van der Waals surface area (Å²) in [7, 11) is 0. The van der Waals surface area contributed by atoms with E-state index in [1.807, 2.05) is 11.3 Å². The van der Waals surface area contributed by atoms with Crippen LogP contribution in [0.3, 0.4) is 0 Å². The Morgan fingerprint density at radius 1 is 1.16 bits per heavy atom. The van der Waals surface area contributed by atoms with Gasteiger partial charge >= 0.3 is 12.1 Å². The summed E-state index contributed by atoms with van der Waals surface area (Å²) in [6.45, 7) is 5.39. The van der Waals surface area contributed by atoms with Gasteiger partial charge in [0.1, 0.15) is 0 Å². The summed E-state index contributed by atoms with van der Waals surface area (Å²) in [6, 6.07) is 15.9. The van der Waals surface area contributed by atoms with E-state index in [2.05, 4.69) is 54.3 Å². The van der Waals surface area contributed by atoms with Gasteiger partial charge in [-0.2, -0.15) is 13.2 Å². The molecule has 8 heteroatoms. The second-order valence-corrected chi connectivity index (χ2v) is 9.52. The van der Waals surface area contributed by atoms with Gasteiger partial charge < -0.3 is 9.84 Å². The lowest BCUT2D eigenvalue weighted by atomic mass is 10.0. The lowest BCUT2D eigenvalue weighted by Gasteiger charge is -2.28. The van der Waals surface area contributed by atoms with Crippen molar-refractivity contribution in [3.63, 3.8) is 0 Å². The van der Waals surface area contributed by atoms with E-state index in [-0.39, 0.29) is 0 Å². The van der Waals surface area contributed by atoms with Gasteiger partial charge in [-0.15, -0.1) is 11.3 Å². The van der Waals surface area contributed by atoms with Crippen LogP contribution in [0.15, 0.2) is 42.5 Å². The fraction of sp³-hybridized carbons (Fsp3) is 0.522. The van der Waals surface area contributed by atoms with E-state index in [1.165, 1.54) is 34.6 Å². The first kappa shape index (κ1) is 23.8. The molecular weight excluding hydrogens is 427 g/mol. The highest BCUT2D eigenvalue weighted by molar-refractivity contribution is 7.11. The molecule has 0 unspecified atom stereocenters. The van der Waals surface area contributed by atoms with Crippen molar-refractivity contribution < 1.29 is 27.8 Å². The van der Waals surface area contributed by atoms with Crippen LogP contribution in [0.5, 0.6) is 0 Å². The number of carbonyl (C=O) groups is 1. The number of carboxylic acid groups (broad SMARTS) is 1. The maximum absolute atomic E-state index is 10.6. The highest BCUT2D eigenvalue weighted by Crippen LogP contribution is 2.32. The first-order valence-electron chi connectivity index (χ1n) is 10.5. The summed E-state index contributed by atoms with van der Waals surface area (Å²) in [5.41, 5.74) is 1.43. The standard InChI is InChI=1S/C21H27NOS.C2HF3O2/c1-16-7-10-19(24-16)14-22-12-11-21(23-15-18-8-9-18)20(22)13-17-5-3-2-4-6-17;3-2(4,5)1(6)7/h2-7,10,18,20-21H,8-9,11-15H2,1H3;(H,6,7)/t20-,21+;/m0./s1. The quantitative estimate of drug-likeness (QED) is 0.615. The van der Waals surface area contributed by atoms with Crippen LogP contribution in [0.25, 0.3) is 0 Å². The van der Waals surface area contributed by atoms with E-state index in [0.29, 0.717) is 12.1 Å². The Labute approximate surface area is 184 Å². The largest absolute Gasteiger partial charge is 0.490 e. The molecule has 1 aromatic carbocycles. The van der Waals surface area contributed by atoms with E-state index < -0.39 is 12.1 Å². The third-order valence-corrected chi connectivity index (χ3v) is 6.51. The minimum absolute atomic E-state index is 0.395. The Morgan fingerprint density at radius 2 is 1.84 bits per heavy atom. The van der Waals surface area contributed by atoms with Crippen LogP contribution in [0.2, 0.25) is 0 Å². The van der Waals surface area contributed by atoms with Gasteiger partial charge in [0.05, 0.1) is 6.10 Å². The molecule has 1 aliphatic heterocycles. The number of benzene rings is 1. The summed E-state index contributed by atoms with van der Waals surface area (Å²) in [5.74, 6) is -1.91. The molecule has 0 bridgehead atoms. The Kier molecular flexibility index (Phi) is 8.13. The van der Waals surface area contributed by atoms with Gasteiger partial charge in [0.25, 0.3) is 0 Å². The van der Waals surface area contributed by atoms with Crippen LogP contribution in [-0.2, 0) is 22.5 Å². The van der Waals surface area contributed by atoms with Crippen molar-refractivity contribution in [2.24, 2.45) is 5.92 Å². The Morgan fingerprint density at radius 3 is 2.39 bits per heavy atom. The van der Waals surface area contributed by atoms with Gasteiger partial charge in [0.2, 0.25) is 0 Å². The molecule has 2 aromatic rings. The number of hydrogen-bond acceptors (Lipinski definition) is 4. The van der Waals surface area contributed by atoms with E-state index >= 15 is 0 Å². The predicted molar refractivity (Wildman–Crippen MR) is 114 cm³/mol. The molecule has 4 nitrogen and oxygen atoms in total. The molecule has 1 N–H and O–H groups in total. The molecule has 1 aromatic heterocycles. The van der Waals surface area contributed by atoms with E-state index in [9.17, 15) is 13.2 Å². The van der Waals surface area contributed by atoms with Gasteiger partial charge in [-0.3, -0.25) is 4.90 Å². The lowest BCUT2D eigenvalue weighted by Crippen LogP contribution is -2.38. The van der Waals surface area contributed by atoms with E-state index in [4.69, 9.17) is 14.6 Å². The fourth-order valence-corrected chi connectivity index (χ4v) is 4.62. The number of alkyl halides is 3. The average Bonchev–Trinajstić information content (AvgIpc) is 3.36. The molecule has 31 heavy (non-hydrogen) atoms. The van der Waals surface area contributed by atoms with Gasteiger partial charge in [-0.05, 0) is 56.2 Å². The molecule has 1 aliphatic carbocycles. The molecule has 2 heterocycles. The highest BCUT2D eigenvalue weighted by Gasteiger charge is 2.38. The Bertz CT molecular complexity index is 836. The van der Waals surface area contributed by atoms with Crippen LogP contribution in [0.1, 0.15) is 34.6 Å². The van der Waals surface area contributed by atoms with Crippen LogP contribution in [-0.4, -0.2) is 47.4 Å². The number of aliphatic carboxylic acids is 1. The molecule has 2 aliphatic rings. The van der Waals surface area contributed by atoms with Gasteiger partial charge in [0, 0.05) is 35.5 Å². The summed E-state index contributed by atoms with van der Waals surface area (Å²) < 4.78 is 38.1. The summed E-state index contributed by atoms with van der Waals surface area (Å²) in [5, 5.41) is 7.12. The second kappa shape index (κ2) is 10.6. The molecule has 1 saturated carbocycles. The number of aryl methyl sites for hydroxylation is 1. The zero-order valence-electron chi connectivity index (χ0n) is 17.5. The number of nitrogens with zero attached hydrogens (tertiary/aromatic N) is 1. The van der Waals surface area contributed by atoms with Crippen LogP contribution >= 0.6 is 11.3 Å². The number of likely N-dealkylation sites (tertiary alicyclic amines) is 1. The van der Waals surface area contributed by atoms with Crippen molar-refractivity contribution >= 4 is 17.3 Å². The predicted octanol–water partition coefficient (Wildman–Crippen LogP) is 5.30. The van der Waals surface area contributed by atoms with E-state index in [1.54, 1.807) is 0 Å². The minimum Gasteiger partial charge on any atom is -0.475 e. The van der Waals surface area contributed by atoms with Gasteiger partial charge in [0.15, 0.2) is 0 Å². The van der Waals surface area contributed by atoms with Crippen LogP contribution < -0.4 is 0 Å². The van der Waals surface area contributed by atoms with Crippen molar-refractivity contribution in [3.8, 4) is 0 Å². The van der Waals surface area contributed by atoms with E-state index in [0.717, 1.165) is 32.0 Å². The molecule has 0 radical (unpaired) electrons. The zero-order chi connectivity index (χ0) is 22.4. The number of hydrogen-bond donors (Lipinski definition) is 1. The third kappa shape index (κ3) is 7.63. The normalized spacial score (nSPS) is 21.5. The number of rotatable bonds is 7. The minimum atomic E-state index is -5.08. The average molecular weight is 456 g/mol. The highest BCUT2D eigenvalue weighted by atomic mass is 32.1. The number of ether oxygens (including phenoxy) is 1. The molecular formula is C23H28F3NO3S. The van der Waals surface area contributed by atoms with Crippen molar-refractivity contribution in [1.29, 1.82) is 0 Å². The summed E-state index contributed by atoms with van der Waals surface area (Å²) in [6.07, 6.45) is 0.323. The monoisotopic (exact) mass is 455 g/mol. The molecule has 0 spiro atoms. The SMILES string of the molecule is Cc1ccc(CN2CC[C@@H](OCC3CC3)[C@@H]2Cc2ccccc2)s1.O=C(O)C(F)(F)F. The Balaban J connectivity index is 0.000000339. The maximum Gasteiger partial charge on any atom is 0.490 e. The Hall–Kier alpha value is -1.90. The molecule has 2 atom stereocenters. The van der Waals surface area contributed by atoms with Crippen molar-refractivity contribution in [3.05, 3.63) is 57.8 Å². The zero-order valence-corrected chi connectivity index (χ0v) is 18.3. The van der Waals surface area contributed by atoms with Crippen LogP contribution in [0.4, 0.5) is 13.2 Å². The van der Waals surface area contributed by atoms with Crippen molar-refractivity contribution in [1.82, 2.24) is 4.90 Å². The smallest absolute Gasteiger partial charge is 0.475 e. The second-order valence-electron chi connectivity index (χ2n) is 8.15. The molecule has 2 fully saturated rings. The number of thiophene rings is 1. The number of carboxylic acids is 1. The van der Waals surface area contributed by atoms with Crippen LogP contribution in [0, 0.1) is 12.8 Å². The first-order valence-corrected chi connectivity index (χ1v) is 11.3. The molecule has 4 rings (SSSR count). The molecule has 170 valence electrons. The van der Waals surface area contributed by atoms with Gasteiger partial charge in [-0.1, -0.05) is 30.3 Å². The van der Waals surface area contributed by atoms with Gasteiger partial charge in [-0.25, -0.2) is 4.79 Å². The maximum atomic E-state index is 10.6. The molecule has 1 saturated heterocycles. The van der Waals surface area contributed by atoms with Crippen molar-refractivity contribution in [2.75, 3.05) is 13.2 Å². The summed E-state index contributed by atoms with van der Waals surface area (Å²) in [4.78, 5) is 14.4. The molecule has 0 amide bonds.